The van der Waals surface area contributed by atoms with Crippen LogP contribution in [0.1, 0.15) is 65.4 Å². The Morgan fingerprint density at radius 3 is 2.44 bits per heavy atom. The van der Waals surface area contributed by atoms with Gasteiger partial charge >= 0.3 is 12.2 Å². The quantitative estimate of drug-likeness (QED) is 0.594. The molecule has 3 rings (SSSR count). The van der Waals surface area contributed by atoms with Gasteiger partial charge in [0.2, 0.25) is 0 Å². The standard InChI is InChI=1S/C19H32N2O4.C7H8/c1-13-7-6-8-15(11-13)14(2)24-18(23)21-10-9-16(12-21)20-17(22)25-19(3,4)5;1-7-5-3-2-4-6-7/h14-16H,1,6-12H2,2-5H3,(H,20,22);2-6H,1H3. The summed E-state index contributed by atoms with van der Waals surface area (Å²) in [5, 5.41) is 2.82. The molecule has 2 aliphatic rings. The molecule has 6 nitrogen and oxygen atoms in total. The van der Waals surface area contributed by atoms with Crippen LogP contribution >= 0.6 is 0 Å². The van der Waals surface area contributed by atoms with Crippen molar-refractivity contribution < 1.29 is 19.1 Å². The van der Waals surface area contributed by atoms with Gasteiger partial charge in [0.25, 0.3) is 0 Å². The van der Waals surface area contributed by atoms with Gasteiger partial charge in [-0.25, -0.2) is 9.59 Å². The second-order valence-corrected chi connectivity index (χ2v) is 9.93. The number of carbonyl (C=O) groups is 2. The molecule has 1 aliphatic carbocycles. The van der Waals surface area contributed by atoms with E-state index in [4.69, 9.17) is 9.47 Å². The van der Waals surface area contributed by atoms with Crippen molar-refractivity contribution in [3.8, 4) is 0 Å². The highest BCUT2D eigenvalue weighted by Gasteiger charge is 2.32. The minimum atomic E-state index is -0.527. The number of aryl methyl sites for hydroxylation is 1. The van der Waals surface area contributed by atoms with Gasteiger partial charge in [-0.05, 0) is 72.6 Å². The summed E-state index contributed by atoms with van der Waals surface area (Å²) in [5.74, 6) is 0.364. The molecule has 6 heteroatoms. The Kier molecular flexibility index (Phi) is 9.60. The Morgan fingerprint density at radius 2 is 1.88 bits per heavy atom. The van der Waals surface area contributed by atoms with Gasteiger partial charge in [-0.2, -0.15) is 0 Å². The number of nitrogens with one attached hydrogen (secondary N) is 1. The molecule has 1 aromatic rings. The van der Waals surface area contributed by atoms with E-state index in [1.807, 2.05) is 45.9 Å². The number of hydrogen-bond acceptors (Lipinski definition) is 4. The van der Waals surface area contributed by atoms with E-state index in [1.165, 1.54) is 11.1 Å². The molecule has 0 aromatic heterocycles. The highest BCUT2D eigenvalue weighted by Crippen LogP contribution is 2.31. The molecule has 1 aromatic carbocycles. The maximum atomic E-state index is 12.4. The monoisotopic (exact) mass is 444 g/mol. The third-order valence-electron chi connectivity index (χ3n) is 5.71. The molecule has 1 aliphatic heterocycles. The maximum Gasteiger partial charge on any atom is 0.410 e. The fraction of sp³-hybridized carbons (Fsp3) is 0.615. The largest absolute Gasteiger partial charge is 0.446 e. The van der Waals surface area contributed by atoms with Crippen LogP contribution in [0.5, 0.6) is 0 Å². The first-order valence-corrected chi connectivity index (χ1v) is 11.7. The molecule has 3 atom stereocenters. The van der Waals surface area contributed by atoms with Gasteiger partial charge < -0.3 is 19.7 Å². The number of ether oxygens (including phenoxy) is 2. The van der Waals surface area contributed by atoms with E-state index in [1.54, 1.807) is 4.90 Å². The minimum absolute atomic E-state index is 0.0906. The molecule has 1 N–H and O–H groups in total. The molecular formula is C26H40N2O4. The number of rotatable bonds is 3. The Hall–Kier alpha value is -2.50. The first-order valence-electron chi connectivity index (χ1n) is 11.7. The number of nitrogens with zero attached hydrogens (tertiary/aromatic N) is 1. The van der Waals surface area contributed by atoms with Gasteiger partial charge in [-0.1, -0.05) is 48.0 Å². The topological polar surface area (TPSA) is 67.9 Å². The molecule has 0 bridgehead atoms. The van der Waals surface area contributed by atoms with E-state index < -0.39 is 11.7 Å². The lowest BCUT2D eigenvalue weighted by Gasteiger charge is -2.30. The number of carbonyl (C=O) groups excluding carboxylic acids is 2. The smallest absolute Gasteiger partial charge is 0.410 e. The molecule has 32 heavy (non-hydrogen) atoms. The number of likely N-dealkylation sites (tertiary alicyclic amines) is 1. The first kappa shape index (κ1) is 25.8. The molecule has 1 saturated heterocycles. The zero-order valence-corrected chi connectivity index (χ0v) is 20.4. The lowest BCUT2D eigenvalue weighted by molar-refractivity contribution is 0.0406. The molecule has 1 heterocycles. The van der Waals surface area contributed by atoms with Crippen LogP contribution in [-0.4, -0.2) is 47.9 Å². The summed E-state index contributed by atoms with van der Waals surface area (Å²) in [6.45, 7) is 14.6. The van der Waals surface area contributed by atoms with Crippen molar-refractivity contribution in [1.29, 1.82) is 0 Å². The van der Waals surface area contributed by atoms with E-state index in [2.05, 4.69) is 31.0 Å². The van der Waals surface area contributed by atoms with Gasteiger partial charge in [0.1, 0.15) is 11.7 Å². The SMILES string of the molecule is C=C1CCCC(C(C)OC(=O)N2CCC(NC(=O)OC(C)(C)C)C2)C1.Cc1ccccc1. The van der Waals surface area contributed by atoms with Crippen molar-refractivity contribution in [3.05, 3.63) is 48.0 Å². The molecule has 2 amide bonds. The van der Waals surface area contributed by atoms with Gasteiger partial charge in [-0.3, -0.25) is 0 Å². The number of alkyl carbamates (subject to hydrolysis) is 1. The van der Waals surface area contributed by atoms with Crippen LogP contribution in [0.4, 0.5) is 9.59 Å². The van der Waals surface area contributed by atoms with E-state index in [0.717, 1.165) is 25.7 Å². The van der Waals surface area contributed by atoms with Crippen LogP contribution in [0.15, 0.2) is 42.5 Å². The van der Waals surface area contributed by atoms with Gasteiger partial charge in [0, 0.05) is 13.1 Å². The summed E-state index contributed by atoms with van der Waals surface area (Å²) >= 11 is 0. The minimum Gasteiger partial charge on any atom is -0.446 e. The summed E-state index contributed by atoms with van der Waals surface area (Å²) in [5.41, 5.74) is 2.05. The predicted octanol–water partition coefficient (Wildman–Crippen LogP) is 5.85. The van der Waals surface area contributed by atoms with Gasteiger partial charge in [0.05, 0.1) is 6.04 Å². The average Bonchev–Trinajstić information content (AvgIpc) is 3.16. The average molecular weight is 445 g/mol. The lowest BCUT2D eigenvalue weighted by atomic mass is 9.83. The van der Waals surface area contributed by atoms with Crippen LogP contribution in [-0.2, 0) is 9.47 Å². The predicted molar refractivity (Wildman–Crippen MR) is 128 cm³/mol. The highest BCUT2D eigenvalue weighted by molar-refractivity contribution is 5.70. The Bertz CT molecular complexity index is 757. The summed E-state index contributed by atoms with van der Waals surface area (Å²) < 4.78 is 10.9. The van der Waals surface area contributed by atoms with Crippen molar-refractivity contribution in [1.82, 2.24) is 10.2 Å². The van der Waals surface area contributed by atoms with Crippen LogP contribution < -0.4 is 5.32 Å². The van der Waals surface area contributed by atoms with Gasteiger partial charge in [0.15, 0.2) is 0 Å². The summed E-state index contributed by atoms with van der Waals surface area (Å²) in [6, 6.07) is 10.2. The van der Waals surface area contributed by atoms with E-state index >= 15 is 0 Å². The van der Waals surface area contributed by atoms with E-state index in [0.29, 0.717) is 25.4 Å². The fourth-order valence-corrected chi connectivity index (χ4v) is 3.97. The number of benzene rings is 1. The van der Waals surface area contributed by atoms with Crippen molar-refractivity contribution >= 4 is 12.2 Å². The normalized spacial score (nSPS) is 21.8. The van der Waals surface area contributed by atoms with Crippen LogP contribution in [0.3, 0.4) is 0 Å². The number of hydrogen-bond donors (Lipinski definition) is 1. The van der Waals surface area contributed by atoms with Crippen molar-refractivity contribution in [2.75, 3.05) is 13.1 Å². The van der Waals surface area contributed by atoms with E-state index in [9.17, 15) is 9.59 Å². The highest BCUT2D eigenvalue weighted by atomic mass is 16.6. The summed E-state index contributed by atoms with van der Waals surface area (Å²) in [7, 11) is 0. The van der Waals surface area contributed by atoms with E-state index in [-0.39, 0.29) is 18.2 Å². The van der Waals surface area contributed by atoms with Crippen LogP contribution in [0.25, 0.3) is 0 Å². The van der Waals surface area contributed by atoms with Crippen LogP contribution in [0.2, 0.25) is 0 Å². The Morgan fingerprint density at radius 1 is 1.19 bits per heavy atom. The zero-order valence-electron chi connectivity index (χ0n) is 20.4. The zero-order chi connectivity index (χ0) is 23.7. The van der Waals surface area contributed by atoms with Crippen molar-refractivity contribution in [2.24, 2.45) is 5.92 Å². The molecule has 178 valence electrons. The fourth-order valence-electron chi connectivity index (χ4n) is 3.97. The maximum absolute atomic E-state index is 12.4. The number of amides is 2. The van der Waals surface area contributed by atoms with Gasteiger partial charge in [-0.15, -0.1) is 0 Å². The summed E-state index contributed by atoms with van der Waals surface area (Å²) in [6.07, 6.45) is 4.09. The van der Waals surface area contributed by atoms with Crippen LogP contribution in [0, 0.1) is 12.8 Å². The number of allylic oxidation sites excluding steroid dienone is 1. The Labute approximate surface area is 193 Å². The van der Waals surface area contributed by atoms with Crippen molar-refractivity contribution in [3.63, 3.8) is 0 Å². The summed E-state index contributed by atoms with van der Waals surface area (Å²) in [4.78, 5) is 25.9. The second kappa shape index (κ2) is 11.9. The molecule has 0 spiro atoms. The Balaban J connectivity index is 0.000000439. The molecular weight excluding hydrogens is 404 g/mol. The third-order valence-corrected chi connectivity index (χ3v) is 5.71. The molecule has 2 fully saturated rings. The molecule has 1 saturated carbocycles. The third kappa shape index (κ3) is 9.33. The van der Waals surface area contributed by atoms with Crippen molar-refractivity contribution in [2.45, 2.75) is 84.5 Å². The lowest BCUT2D eigenvalue weighted by Crippen LogP contribution is -2.42. The second-order valence-electron chi connectivity index (χ2n) is 9.93. The first-order chi connectivity index (χ1) is 15.0. The molecule has 3 unspecified atom stereocenters. The molecule has 0 radical (unpaired) electrons.